The molecule has 9 heteroatoms. The zero-order valence-electron chi connectivity index (χ0n) is 21.6. The second-order valence-electron chi connectivity index (χ2n) is 9.69. The van der Waals surface area contributed by atoms with Crippen molar-refractivity contribution >= 4 is 17.5 Å². The molecule has 2 atom stereocenters. The van der Waals surface area contributed by atoms with Crippen molar-refractivity contribution < 1.29 is 9.59 Å². The average Bonchev–Trinajstić information content (AvgIpc) is 3.51. The van der Waals surface area contributed by atoms with Crippen LogP contribution in [0.15, 0.2) is 54.7 Å². The number of hydrogen-bond donors (Lipinski definition) is 3. The predicted octanol–water partition coefficient (Wildman–Crippen LogP) is 4.16. The minimum absolute atomic E-state index is 0.278. The molecule has 0 bridgehead atoms. The first-order valence-electron chi connectivity index (χ1n) is 12.6. The first kappa shape index (κ1) is 25.0. The van der Waals surface area contributed by atoms with Crippen molar-refractivity contribution in [1.29, 1.82) is 5.26 Å². The number of amides is 2. The summed E-state index contributed by atoms with van der Waals surface area (Å²) in [6.07, 6.45) is 4.01. The second-order valence-corrected chi connectivity index (χ2v) is 9.69. The summed E-state index contributed by atoms with van der Waals surface area (Å²) < 4.78 is 1.48. The fourth-order valence-electron chi connectivity index (χ4n) is 5.33. The monoisotopic (exact) mass is 507 g/mol. The van der Waals surface area contributed by atoms with Gasteiger partial charge in [0, 0.05) is 36.1 Å². The topological polar surface area (TPSA) is 128 Å². The van der Waals surface area contributed by atoms with Gasteiger partial charge in [-0.2, -0.15) is 15.5 Å². The Morgan fingerprint density at radius 3 is 2.61 bits per heavy atom. The van der Waals surface area contributed by atoms with Crippen LogP contribution in [0.2, 0.25) is 0 Å². The predicted molar refractivity (Wildman–Crippen MR) is 143 cm³/mol. The summed E-state index contributed by atoms with van der Waals surface area (Å²) in [4.78, 5) is 27.0. The number of fused-ring (bicyclic) bond motifs is 1. The Morgan fingerprint density at radius 1 is 1.16 bits per heavy atom. The summed E-state index contributed by atoms with van der Waals surface area (Å²) in [6, 6.07) is 16.2. The quantitative estimate of drug-likeness (QED) is 0.361. The zero-order chi connectivity index (χ0) is 26.8. The lowest BCUT2D eigenvalue weighted by molar-refractivity contribution is -0.118. The van der Waals surface area contributed by atoms with E-state index in [1.54, 1.807) is 25.4 Å². The van der Waals surface area contributed by atoms with Gasteiger partial charge in [-0.15, -0.1) is 0 Å². The number of hydrogen-bond acceptors (Lipinski definition) is 5. The van der Waals surface area contributed by atoms with Crippen LogP contribution in [0.25, 0.3) is 11.1 Å². The smallest absolute Gasteiger partial charge is 0.270 e. The number of carbonyl (C=O) groups excluding carboxylic acids is 2. The number of carbonyl (C=O) groups is 2. The van der Waals surface area contributed by atoms with Gasteiger partial charge in [0.05, 0.1) is 17.3 Å². The third kappa shape index (κ3) is 4.81. The van der Waals surface area contributed by atoms with E-state index in [-0.39, 0.29) is 17.7 Å². The van der Waals surface area contributed by atoms with E-state index in [2.05, 4.69) is 32.0 Å². The maximum atomic E-state index is 13.8. The average molecular weight is 508 g/mol. The van der Waals surface area contributed by atoms with Crippen molar-refractivity contribution in [3.63, 3.8) is 0 Å². The Morgan fingerprint density at radius 2 is 1.95 bits per heavy atom. The maximum absolute atomic E-state index is 13.8. The summed E-state index contributed by atoms with van der Waals surface area (Å²) in [5.74, 6) is -0.973. The van der Waals surface area contributed by atoms with Crippen LogP contribution in [0.3, 0.4) is 0 Å². The normalized spacial score (nSPS) is 15.3. The Balaban J connectivity index is 1.45. The molecular weight excluding hydrogens is 478 g/mol. The molecule has 0 radical (unpaired) electrons. The molecule has 38 heavy (non-hydrogen) atoms. The Bertz CT molecular complexity index is 1520. The zero-order valence-corrected chi connectivity index (χ0v) is 21.6. The number of anilines is 1. The third-order valence-electron chi connectivity index (χ3n) is 7.23. The molecule has 0 saturated heterocycles. The summed E-state index contributed by atoms with van der Waals surface area (Å²) in [5.41, 5.74) is 7.47. The molecule has 2 aromatic carbocycles. The van der Waals surface area contributed by atoms with Crippen molar-refractivity contribution in [1.82, 2.24) is 25.3 Å². The SMILES string of the molecule is Cc1n[nH]c(C)c1-c1ccc(NC(=O)[C@@H](NC(=O)c2ccnn2C)[C@H]2CCCc3ccc(C#N)cc32)cc1. The summed E-state index contributed by atoms with van der Waals surface area (Å²) in [7, 11) is 1.68. The van der Waals surface area contributed by atoms with Crippen molar-refractivity contribution in [2.45, 2.75) is 45.1 Å². The van der Waals surface area contributed by atoms with Crippen LogP contribution >= 0.6 is 0 Å². The van der Waals surface area contributed by atoms with Crippen molar-refractivity contribution in [2.24, 2.45) is 7.05 Å². The van der Waals surface area contributed by atoms with Gasteiger partial charge in [-0.05, 0) is 80.1 Å². The first-order valence-corrected chi connectivity index (χ1v) is 12.6. The molecular formula is C29H29N7O2. The number of nitrogens with one attached hydrogen (secondary N) is 3. The van der Waals surface area contributed by atoms with Gasteiger partial charge in [0.15, 0.2) is 0 Å². The molecule has 1 aliphatic rings. The Hall–Kier alpha value is -4.71. The molecule has 0 spiro atoms. The van der Waals surface area contributed by atoms with Gasteiger partial charge in [-0.3, -0.25) is 19.4 Å². The Labute approximate surface area is 220 Å². The van der Waals surface area contributed by atoms with Gasteiger partial charge in [-0.25, -0.2) is 0 Å². The standard InChI is InChI=1S/C29H29N7O2/c1-17-26(18(2)35-34-17)21-9-11-22(12-10-21)32-29(38)27(33-28(37)25-13-14-31-36(25)3)23-6-4-5-20-8-7-19(16-30)15-24(20)23/h7-15,23,27H,4-6H2,1-3H3,(H,32,38)(H,33,37)(H,34,35)/t23-,27-/m0/s1. The summed E-state index contributed by atoms with van der Waals surface area (Å²) in [5, 5.41) is 26.8. The van der Waals surface area contributed by atoms with E-state index in [0.29, 0.717) is 23.4 Å². The fraction of sp³-hybridized carbons (Fsp3) is 0.276. The van der Waals surface area contributed by atoms with E-state index >= 15 is 0 Å². The van der Waals surface area contributed by atoms with E-state index in [4.69, 9.17) is 0 Å². The molecule has 0 saturated carbocycles. The molecule has 9 nitrogen and oxygen atoms in total. The number of aromatic amines is 1. The molecule has 1 aliphatic carbocycles. The van der Waals surface area contributed by atoms with Gasteiger partial charge < -0.3 is 10.6 Å². The molecule has 0 aliphatic heterocycles. The van der Waals surface area contributed by atoms with Crippen molar-refractivity contribution in [3.05, 3.63) is 88.5 Å². The van der Waals surface area contributed by atoms with Crippen LogP contribution < -0.4 is 10.6 Å². The number of H-pyrrole nitrogens is 1. The summed E-state index contributed by atoms with van der Waals surface area (Å²) in [6.45, 7) is 3.92. The number of nitrogens with zero attached hydrogens (tertiary/aromatic N) is 4. The highest BCUT2D eigenvalue weighted by Crippen LogP contribution is 2.35. The highest BCUT2D eigenvalue weighted by atomic mass is 16.2. The lowest BCUT2D eigenvalue weighted by Gasteiger charge is -2.32. The maximum Gasteiger partial charge on any atom is 0.270 e. The summed E-state index contributed by atoms with van der Waals surface area (Å²) >= 11 is 0. The highest BCUT2D eigenvalue weighted by Gasteiger charge is 2.35. The van der Waals surface area contributed by atoms with Crippen LogP contribution in [-0.2, 0) is 18.3 Å². The van der Waals surface area contributed by atoms with Gasteiger partial charge >= 0.3 is 0 Å². The third-order valence-corrected chi connectivity index (χ3v) is 7.23. The lowest BCUT2D eigenvalue weighted by atomic mass is 9.77. The van der Waals surface area contributed by atoms with Crippen LogP contribution in [0, 0.1) is 25.2 Å². The first-order chi connectivity index (χ1) is 18.4. The molecule has 2 heterocycles. The molecule has 192 valence electrons. The van der Waals surface area contributed by atoms with Gasteiger partial charge in [-0.1, -0.05) is 18.2 Å². The van der Waals surface area contributed by atoms with Crippen molar-refractivity contribution in [3.8, 4) is 17.2 Å². The number of nitriles is 1. The second kappa shape index (κ2) is 10.3. The largest absolute Gasteiger partial charge is 0.338 e. The highest BCUT2D eigenvalue weighted by molar-refractivity contribution is 6.01. The molecule has 3 N–H and O–H groups in total. The van der Waals surface area contributed by atoms with Gasteiger partial charge in [0.2, 0.25) is 5.91 Å². The number of aromatic nitrogens is 4. The minimum atomic E-state index is -0.844. The van der Waals surface area contributed by atoms with Gasteiger partial charge in [0.1, 0.15) is 11.7 Å². The molecule has 0 fully saturated rings. The van der Waals surface area contributed by atoms with Crippen LogP contribution in [0.1, 0.15) is 57.3 Å². The molecule has 4 aromatic rings. The number of benzene rings is 2. The van der Waals surface area contributed by atoms with E-state index in [1.165, 1.54) is 4.68 Å². The van der Waals surface area contributed by atoms with Crippen LogP contribution in [-0.4, -0.2) is 37.8 Å². The fourth-order valence-corrected chi connectivity index (χ4v) is 5.33. The minimum Gasteiger partial charge on any atom is -0.338 e. The molecule has 2 amide bonds. The lowest BCUT2D eigenvalue weighted by Crippen LogP contribution is -2.48. The van der Waals surface area contributed by atoms with E-state index < -0.39 is 6.04 Å². The van der Waals surface area contributed by atoms with Crippen molar-refractivity contribution in [2.75, 3.05) is 5.32 Å². The Kier molecular flexibility index (Phi) is 6.79. The van der Waals surface area contributed by atoms with Gasteiger partial charge in [0.25, 0.3) is 5.91 Å². The van der Waals surface area contributed by atoms with E-state index in [1.807, 2.05) is 50.2 Å². The van der Waals surface area contributed by atoms with Crippen LogP contribution in [0.5, 0.6) is 0 Å². The van der Waals surface area contributed by atoms with E-state index in [0.717, 1.165) is 46.5 Å². The van der Waals surface area contributed by atoms with Crippen LogP contribution in [0.4, 0.5) is 5.69 Å². The molecule has 0 unspecified atom stereocenters. The number of aryl methyl sites for hydroxylation is 4. The molecule has 2 aromatic heterocycles. The number of rotatable bonds is 6. The van der Waals surface area contributed by atoms with E-state index in [9.17, 15) is 14.9 Å². The molecule has 5 rings (SSSR count).